The molecule has 0 unspecified atom stereocenters. The third-order valence-corrected chi connectivity index (χ3v) is 4.94. The molecule has 0 radical (unpaired) electrons. The minimum absolute atomic E-state index is 0.128. The number of amides is 2. The highest BCUT2D eigenvalue weighted by Crippen LogP contribution is 2.38. The molecule has 2 fully saturated rings. The lowest BCUT2D eigenvalue weighted by molar-refractivity contribution is -0.0133. The molecule has 6 nitrogen and oxygen atoms in total. The average Bonchev–Trinajstić information content (AvgIpc) is 2.95. The summed E-state index contributed by atoms with van der Waals surface area (Å²) in [6.07, 6.45) is -0.832. The first-order valence-corrected chi connectivity index (χ1v) is 9.37. The second kappa shape index (κ2) is 7.74. The highest BCUT2D eigenvalue weighted by atomic mass is 19.1. The molecule has 1 aromatic rings. The molecule has 2 heterocycles. The van der Waals surface area contributed by atoms with Crippen LogP contribution >= 0.6 is 0 Å². The van der Waals surface area contributed by atoms with Crippen LogP contribution in [0, 0.1) is 0 Å². The van der Waals surface area contributed by atoms with Crippen molar-refractivity contribution in [1.29, 1.82) is 0 Å². The van der Waals surface area contributed by atoms with Gasteiger partial charge in [-0.1, -0.05) is 30.3 Å². The van der Waals surface area contributed by atoms with Crippen LogP contribution < -0.4 is 5.32 Å². The van der Waals surface area contributed by atoms with Crippen LogP contribution in [0.1, 0.15) is 45.6 Å². The first-order valence-electron chi connectivity index (χ1n) is 9.37. The fraction of sp³-hybridized carbons (Fsp3) is 0.600. The van der Waals surface area contributed by atoms with Gasteiger partial charge in [-0.05, 0) is 45.6 Å². The Morgan fingerprint density at radius 2 is 1.93 bits per heavy atom. The number of alkyl halides is 1. The van der Waals surface area contributed by atoms with Gasteiger partial charge in [0.05, 0.1) is 12.1 Å². The van der Waals surface area contributed by atoms with Gasteiger partial charge in [-0.15, -0.1) is 0 Å². The van der Waals surface area contributed by atoms with Crippen LogP contribution in [0.3, 0.4) is 0 Å². The lowest BCUT2D eigenvalue weighted by Crippen LogP contribution is -2.60. The van der Waals surface area contributed by atoms with Crippen molar-refractivity contribution in [1.82, 2.24) is 10.2 Å². The smallest absolute Gasteiger partial charge is 0.410 e. The van der Waals surface area contributed by atoms with Gasteiger partial charge in [0.1, 0.15) is 18.4 Å². The Hall–Kier alpha value is -2.31. The standard InChI is InChI=1S/C20H27FN2O4/c1-20(2,3)27-19(25)23-14-9-10-16(23)17(21)15(11-14)22-18(24)26-12-13-7-5-4-6-8-13/h4-8,14-17H,9-12H2,1-3H3,(H,22,24)/t14-,15-,16+,17+/m1/s1. The van der Waals surface area contributed by atoms with E-state index in [0.29, 0.717) is 19.3 Å². The highest BCUT2D eigenvalue weighted by Gasteiger charge is 2.51. The second-order valence-electron chi connectivity index (χ2n) is 8.18. The first kappa shape index (κ1) is 19.5. The van der Waals surface area contributed by atoms with Crippen LogP contribution in [0.4, 0.5) is 14.0 Å². The lowest BCUT2D eigenvalue weighted by Gasteiger charge is -2.41. The molecule has 7 heteroatoms. The van der Waals surface area contributed by atoms with Gasteiger partial charge in [-0.3, -0.25) is 4.90 Å². The van der Waals surface area contributed by atoms with Crippen LogP contribution in [-0.2, 0) is 16.1 Å². The number of nitrogens with zero attached hydrogens (tertiary/aromatic N) is 1. The minimum Gasteiger partial charge on any atom is -0.445 e. The summed E-state index contributed by atoms with van der Waals surface area (Å²) in [7, 11) is 0. The molecule has 1 N–H and O–H groups in total. The maximum atomic E-state index is 15.0. The molecule has 0 aliphatic carbocycles. The Labute approximate surface area is 159 Å². The fourth-order valence-electron chi connectivity index (χ4n) is 3.80. The zero-order valence-corrected chi connectivity index (χ0v) is 16.0. The van der Waals surface area contributed by atoms with E-state index >= 15 is 0 Å². The molecular weight excluding hydrogens is 351 g/mol. The number of hydrogen-bond acceptors (Lipinski definition) is 4. The van der Waals surface area contributed by atoms with Crippen molar-refractivity contribution in [2.24, 2.45) is 0 Å². The predicted molar refractivity (Wildman–Crippen MR) is 97.9 cm³/mol. The Bertz CT molecular complexity index is 676. The Morgan fingerprint density at radius 3 is 2.59 bits per heavy atom. The molecule has 2 saturated heterocycles. The van der Waals surface area contributed by atoms with Gasteiger partial charge in [-0.2, -0.15) is 0 Å². The largest absolute Gasteiger partial charge is 0.445 e. The van der Waals surface area contributed by atoms with Crippen molar-refractivity contribution >= 4 is 12.2 Å². The summed E-state index contributed by atoms with van der Waals surface area (Å²) in [4.78, 5) is 26.0. The molecule has 0 aromatic heterocycles. The van der Waals surface area contributed by atoms with Gasteiger partial charge in [0.25, 0.3) is 0 Å². The van der Waals surface area contributed by atoms with Crippen LogP contribution in [-0.4, -0.2) is 47.0 Å². The van der Waals surface area contributed by atoms with E-state index in [1.807, 2.05) is 30.3 Å². The van der Waals surface area contributed by atoms with Crippen molar-refractivity contribution < 1.29 is 23.5 Å². The number of hydrogen-bond donors (Lipinski definition) is 1. The molecular formula is C20H27FN2O4. The summed E-state index contributed by atoms with van der Waals surface area (Å²) in [5.74, 6) is 0. The van der Waals surface area contributed by atoms with Crippen molar-refractivity contribution in [2.45, 2.75) is 76.5 Å². The van der Waals surface area contributed by atoms with E-state index in [1.54, 1.807) is 20.8 Å². The van der Waals surface area contributed by atoms with Gasteiger partial charge < -0.3 is 14.8 Å². The van der Waals surface area contributed by atoms with Crippen LogP contribution in [0.2, 0.25) is 0 Å². The Kier molecular flexibility index (Phi) is 5.58. The number of carbonyl (C=O) groups excluding carboxylic acids is 2. The summed E-state index contributed by atoms with van der Waals surface area (Å²) in [6.45, 7) is 5.50. The van der Waals surface area contributed by atoms with Crippen molar-refractivity contribution in [3.8, 4) is 0 Å². The fourth-order valence-corrected chi connectivity index (χ4v) is 3.80. The number of nitrogens with one attached hydrogen (secondary N) is 1. The number of rotatable bonds is 3. The summed E-state index contributed by atoms with van der Waals surface area (Å²) in [5, 5.41) is 2.63. The molecule has 3 rings (SSSR count). The maximum Gasteiger partial charge on any atom is 0.410 e. The molecule has 2 aliphatic heterocycles. The van der Waals surface area contributed by atoms with E-state index in [9.17, 15) is 14.0 Å². The first-order chi connectivity index (χ1) is 12.7. The van der Waals surface area contributed by atoms with E-state index in [-0.39, 0.29) is 12.6 Å². The third kappa shape index (κ3) is 4.70. The van der Waals surface area contributed by atoms with Crippen molar-refractivity contribution in [3.05, 3.63) is 35.9 Å². The molecule has 148 valence electrons. The molecule has 0 saturated carbocycles. The zero-order valence-electron chi connectivity index (χ0n) is 16.0. The average molecular weight is 378 g/mol. The topological polar surface area (TPSA) is 67.9 Å². The SMILES string of the molecule is CC(C)(C)OC(=O)N1[C@@H]2CC[C@H]1[C@@H](F)[C@H](NC(=O)OCc1ccccc1)C2. The highest BCUT2D eigenvalue weighted by molar-refractivity contribution is 5.70. The van der Waals surface area contributed by atoms with E-state index in [4.69, 9.17) is 9.47 Å². The van der Waals surface area contributed by atoms with Gasteiger partial charge >= 0.3 is 12.2 Å². The summed E-state index contributed by atoms with van der Waals surface area (Å²) >= 11 is 0. The number of benzene rings is 1. The number of fused-ring (bicyclic) bond motifs is 2. The number of carbonyl (C=O) groups is 2. The minimum atomic E-state index is -1.35. The van der Waals surface area contributed by atoms with Crippen LogP contribution in [0.25, 0.3) is 0 Å². The van der Waals surface area contributed by atoms with Gasteiger partial charge in [-0.25, -0.2) is 14.0 Å². The molecule has 0 spiro atoms. The Balaban J connectivity index is 1.56. The quantitative estimate of drug-likeness (QED) is 0.869. The second-order valence-corrected chi connectivity index (χ2v) is 8.18. The molecule has 2 amide bonds. The zero-order chi connectivity index (χ0) is 19.6. The van der Waals surface area contributed by atoms with Gasteiger partial charge in [0.2, 0.25) is 0 Å². The van der Waals surface area contributed by atoms with E-state index < -0.39 is 36.0 Å². The van der Waals surface area contributed by atoms with Crippen LogP contribution in [0.5, 0.6) is 0 Å². The van der Waals surface area contributed by atoms with E-state index in [1.165, 1.54) is 4.90 Å². The summed E-state index contributed by atoms with van der Waals surface area (Å²) in [5.41, 5.74) is 0.239. The van der Waals surface area contributed by atoms with Gasteiger partial charge in [0.15, 0.2) is 0 Å². The Morgan fingerprint density at radius 1 is 1.22 bits per heavy atom. The lowest BCUT2D eigenvalue weighted by atomic mass is 9.96. The third-order valence-electron chi connectivity index (χ3n) is 4.94. The molecule has 1 aromatic carbocycles. The van der Waals surface area contributed by atoms with E-state index in [0.717, 1.165) is 5.56 Å². The summed E-state index contributed by atoms with van der Waals surface area (Å²) < 4.78 is 25.6. The monoisotopic (exact) mass is 378 g/mol. The summed E-state index contributed by atoms with van der Waals surface area (Å²) in [6, 6.07) is 7.94. The van der Waals surface area contributed by atoms with Crippen LogP contribution in [0.15, 0.2) is 30.3 Å². The number of alkyl carbamates (subject to hydrolysis) is 1. The van der Waals surface area contributed by atoms with Crippen molar-refractivity contribution in [2.75, 3.05) is 0 Å². The molecule has 2 aliphatic rings. The van der Waals surface area contributed by atoms with E-state index in [2.05, 4.69) is 5.32 Å². The molecule has 4 atom stereocenters. The van der Waals surface area contributed by atoms with Crippen molar-refractivity contribution in [3.63, 3.8) is 0 Å². The normalized spacial score (nSPS) is 27.2. The number of halogens is 1. The predicted octanol–water partition coefficient (Wildman–Crippen LogP) is 3.79. The number of piperidine rings is 1. The molecule has 27 heavy (non-hydrogen) atoms. The maximum absolute atomic E-state index is 15.0. The van der Waals surface area contributed by atoms with Gasteiger partial charge in [0, 0.05) is 6.04 Å². The number of ether oxygens (including phenoxy) is 2. The molecule has 2 bridgehead atoms.